The summed E-state index contributed by atoms with van der Waals surface area (Å²) in [6.07, 6.45) is 0.288. The van der Waals surface area contributed by atoms with Crippen molar-refractivity contribution in [3.8, 4) is 5.75 Å². The Kier molecular flexibility index (Phi) is 7.21. The Labute approximate surface area is 184 Å². The highest BCUT2D eigenvalue weighted by Gasteiger charge is 2.46. The monoisotopic (exact) mass is 425 g/mol. The van der Waals surface area contributed by atoms with Crippen molar-refractivity contribution < 1.29 is 23.8 Å². The first-order valence-electron chi connectivity index (χ1n) is 10.7. The van der Waals surface area contributed by atoms with E-state index in [4.69, 9.17) is 14.2 Å². The molecule has 0 N–H and O–H groups in total. The summed E-state index contributed by atoms with van der Waals surface area (Å²) in [5.41, 5.74) is 1.18. The topological polar surface area (TPSA) is 65.1 Å². The van der Waals surface area contributed by atoms with E-state index in [1.165, 1.54) is 0 Å². The molecule has 2 unspecified atom stereocenters. The summed E-state index contributed by atoms with van der Waals surface area (Å²) in [7, 11) is 0. The molecule has 1 aliphatic rings. The number of anilines is 1. The van der Waals surface area contributed by atoms with E-state index in [-0.39, 0.29) is 17.8 Å². The molecule has 3 rings (SSSR count). The van der Waals surface area contributed by atoms with Gasteiger partial charge in [0, 0.05) is 12.2 Å². The van der Waals surface area contributed by atoms with Crippen LogP contribution in [0.1, 0.15) is 39.7 Å². The van der Waals surface area contributed by atoms with Gasteiger partial charge in [0.15, 0.2) is 0 Å². The van der Waals surface area contributed by atoms with Crippen molar-refractivity contribution >= 4 is 17.7 Å². The Morgan fingerprint density at radius 3 is 2.32 bits per heavy atom. The van der Waals surface area contributed by atoms with E-state index in [0.29, 0.717) is 31.2 Å². The lowest BCUT2D eigenvalue weighted by atomic mass is 10.2. The largest absolute Gasteiger partial charge is 0.489 e. The quantitative estimate of drug-likeness (QED) is 0.544. The van der Waals surface area contributed by atoms with Gasteiger partial charge in [-0.15, -0.1) is 0 Å². The summed E-state index contributed by atoms with van der Waals surface area (Å²) in [6, 6.07) is 17.3. The first-order chi connectivity index (χ1) is 14.8. The van der Waals surface area contributed by atoms with Gasteiger partial charge < -0.3 is 14.2 Å². The number of ether oxygens (including phenoxy) is 3. The van der Waals surface area contributed by atoms with E-state index in [2.05, 4.69) is 0 Å². The maximum absolute atomic E-state index is 12.9. The number of amides is 1. The molecule has 0 aliphatic heterocycles. The highest BCUT2D eigenvalue weighted by Crippen LogP contribution is 2.41. The van der Waals surface area contributed by atoms with Gasteiger partial charge in [-0.1, -0.05) is 30.3 Å². The summed E-state index contributed by atoms with van der Waals surface area (Å²) in [6.45, 7) is 8.54. The maximum Gasteiger partial charge on any atom is 0.414 e. The van der Waals surface area contributed by atoms with Gasteiger partial charge in [-0.25, -0.2) is 4.79 Å². The fraction of sp³-hybridized carbons (Fsp3) is 0.440. The Hall–Kier alpha value is -3.02. The van der Waals surface area contributed by atoms with Gasteiger partial charge in [-0.05, 0) is 69.9 Å². The van der Waals surface area contributed by atoms with Crippen molar-refractivity contribution in [2.75, 3.05) is 18.1 Å². The Balaban J connectivity index is 1.68. The highest BCUT2D eigenvalue weighted by atomic mass is 16.6. The standard InChI is InChI=1S/C25H31NO5/c1-5-29-23(27)22-15-19(22)16-26(24(28)31-25(2,3)4)20-11-13-21(14-12-20)30-17-18-9-7-6-8-10-18/h6-14,19,22H,5,15-17H2,1-4H3. The van der Waals surface area contributed by atoms with Gasteiger partial charge in [0.05, 0.1) is 12.5 Å². The van der Waals surface area contributed by atoms with Crippen molar-refractivity contribution in [2.24, 2.45) is 11.8 Å². The molecule has 0 saturated heterocycles. The molecule has 0 aromatic heterocycles. The lowest BCUT2D eigenvalue weighted by Gasteiger charge is -2.27. The average Bonchev–Trinajstić information content (AvgIpc) is 3.50. The number of carbonyl (C=O) groups is 2. The lowest BCUT2D eigenvalue weighted by molar-refractivity contribution is -0.145. The summed E-state index contributed by atoms with van der Waals surface area (Å²) >= 11 is 0. The second kappa shape index (κ2) is 9.86. The lowest BCUT2D eigenvalue weighted by Crippen LogP contribution is -2.38. The summed E-state index contributed by atoms with van der Waals surface area (Å²) in [5, 5.41) is 0. The van der Waals surface area contributed by atoms with E-state index in [0.717, 1.165) is 12.0 Å². The molecule has 1 saturated carbocycles. The second-order valence-corrected chi connectivity index (χ2v) is 8.71. The smallest absolute Gasteiger partial charge is 0.414 e. The predicted molar refractivity (Wildman–Crippen MR) is 119 cm³/mol. The molecule has 2 aromatic rings. The molecule has 166 valence electrons. The van der Waals surface area contributed by atoms with Crippen LogP contribution in [0, 0.1) is 11.8 Å². The zero-order chi connectivity index (χ0) is 22.4. The van der Waals surface area contributed by atoms with Gasteiger partial charge in [0.1, 0.15) is 18.0 Å². The van der Waals surface area contributed by atoms with Crippen molar-refractivity contribution in [1.82, 2.24) is 0 Å². The number of hydrogen-bond acceptors (Lipinski definition) is 5. The first kappa shape index (κ1) is 22.7. The third-order valence-electron chi connectivity index (χ3n) is 4.94. The third-order valence-corrected chi connectivity index (χ3v) is 4.94. The van der Waals surface area contributed by atoms with Gasteiger partial charge in [-0.2, -0.15) is 0 Å². The summed E-state index contributed by atoms with van der Waals surface area (Å²) in [4.78, 5) is 26.5. The van der Waals surface area contributed by atoms with Gasteiger partial charge in [0.25, 0.3) is 0 Å². The second-order valence-electron chi connectivity index (χ2n) is 8.71. The molecular formula is C25H31NO5. The fourth-order valence-corrected chi connectivity index (χ4v) is 3.29. The number of carbonyl (C=O) groups excluding carboxylic acids is 2. The van der Waals surface area contributed by atoms with E-state index in [9.17, 15) is 9.59 Å². The highest BCUT2D eigenvalue weighted by molar-refractivity contribution is 5.88. The SMILES string of the molecule is CCOC(=O)C1CC1CN(C(=O)OC(C)(C)C)c1ccc(OCc2ccccc2)cc1. The Morgan fingerprint density at radius 2 is 1.71 bits per heavy atom. The minimum atomic E-state index is -0.613. The molecule has 0 spiro atoms. The van der Waals surface area contributed by atoms with Crippen molar-refractivity contribution in [3.63, 3.8) is 0 Å². The molecule has 1 amide bonds. The summed E-state index contributed by atoms with van der Waals surface area (Å²) in [5.74, 6) is 0.438. The maximum atomic E-state index is 12.9. The average molecular weight is 426 g/mol. The molecule has 6 nitrogen and oxygen atoms in total. The van der Waals surface area contributed by atoms with E-state index in [1.807, 2.05) is 75.4 Å². The zero-order valence-corrected chi connectivity index (χ0v) is 18.7. The van der Waals surface area contributed by atoms with Crippen LogP contribution in [-0.2, 0) is 20.9 Å². The number of benzene rings is 2. The van der Waals surface area contributed by atoms with Crippen molar-refractivity contribution in [2.45, 2.75) is 46.3 Å². The van der Waals surface area contributed by atoms with Crippen LogP contribution in [0.5, 0.6) is 5.75 Å². The molecule has 31 heavy (non-hydrogen) atoms. The van der Waals surface area contributed by atoms with Gasteiger partial charge >= 0.3 is 12.1 Å². The van der Waals surface area contributed by atoms with Crippen LogP contribution in [0.4, 0.5) is 10.5 Å². The summed E-state index contributed by atoms with van der Waals surface area (Å²) < 4.78 is 16.6. The van der Waals surface area contributed by atoms with Crippen LogP contribution < -0.4 is 9.64 Å². The van der Waals surface area contributed by atoms with Crippen LogP contribution in [0.25, 0.3) is 0 Å². The molecule has 0 bridgehead atoms. The van der Waals surface area contributed by atoms with Gasteiger partial charge in [-0.3, -0.25) is 9.69 Å². The minimum Gasteiger partial charge on any atom is -0.489 e. The van der Waals surface area contributed by atoms with Crippen molar-refractivity contribution in [3.05, 3.63) is 60.2 Å². The van der Waals surface area contributed by atoms with Crippen LogP contribution >= 0.6 is 0 Å². The van der Waals surface area contributed by atoms with E-state index >= 15 is 0 Å². The molecule has 0 radical (unpaired) electrons. The molecule has 6 heteroatoms. The minimum absolute atomic E-state index is 0.0700. The molecule has 2 atom stereocenters. The van der Waals surface area contributed by atoms with Crippen LogP contribution in [0.2, 0.25) is 0 Å². The molecular weight excluding hydrogens is 394 g/mol. The van der Waals surface area contributed by atoms with Crippen molar-refractivity contribution in [1.29, 1.82) is 0 Å². The van der Waals surface area contributed by atoms with Crippen LogP contribution in [0.15, 0.2) is 54.6 Å². The van der Waals surface area contributed by atoms with E-state index < -0.39 is 11.7 Å². The number of esters is 1. The van der Waals surface area contributed by atoms with Gasteiger partial charge in [0.2, 0.25) is 0 Å². The molecule has 1 aliphatic carbocycles. The normalized spacial score (nSPS) is 17.5. The number of hydrogen-bond donors (Lipinski definition) is 0. The Morgan fingerprint density at radius 1 is 1.03 bits per heavy atom. The predicted octanol–water partition coefficient (Wildman–Crippen LogP) is 5.21. The fourth-order valence-electron chi connectivity index (χ4n) is 3.29. The number of rotatable bonds is 8. The third kappa shape index (κ3) is 6.74. The Bertz CT molecular complexity index is 873. The van der Waals surface area contributed by atoms with Crippen LogP contribution in [-0.4, -0.2) is 30.8 Å². The molecule has 0 heterocycles. The number of nitrogens with zero attached hydrogens (tertiary/aromatic N) is 1. The van der Waals surface area contributed by atoms with Crippen LogP contribution in [0.3, 0.4) is 0 Å². The first-order valence-corrected chi connectivity index (χ1v) is 10.7. The molecule has 1 fully saturated rings. The zero-order valence-electron chi connectivity index (χ0n) is 18.7. The van der Waals surface area contributed by atoms with E-state index in [1.54, 1.807) is 11.8 Å². The molecule has 2 aromatic carbocycles.